The van der Waals surface area contributed by atoms with Gasteiger partial charge in [-0.15, -0.1) is 0 Å². The number of carbonyl (C=O) groups excluding carboxylic acids is 1. The third-order valence-corrected chi connectivity index (χ3v) is 12.1. The average molecular weight is 456 g/mol. The third-order valence-electron chi connectivity index (χ3n) is 6.92. The highest BCUT2D eigenvalue weighted by atomic mass is 28.3. The molecule has 0 radical (unpaired) electrons. The van der Waals surface area contributed by atoms with Gasteiger partial charge in [0.25, 0.3) is 0 Å². The van der Waals surface area contributed by atoms with Crippen molar-refractivity contribution in [3.05, 3.63) is 40.6 Å². The van der Waals surface area contributed by atoms with Gasteiger partial charge in [0.15, 0.2) is 11.5 Å². The molecule has 0 atom stereocenters. The average Bonchev–Trinajstić information content (AvgIpc) is 3.05. The van der Waals surface area contributed by atoms with Crippen molar-refractivity contribution in [1.82, 2.24) is 0 Å². The standard InChI is InChI=1S/C26H37NO4Si/c1-8-32(9-2,10-3)14-12-11-13-31-25(28)21(18-27)20-17-26(4,5)22-16-24(30-7)23(29-6)15-19(20)22/h12,14-16H,8-11,13,17H2,1-7H3. The smallest absolute Gasteiger partial charge is 0.349 e. The van der Waals surface area contributed by atoms with Gasteiger partial charge in [-0.25, -0.2) is 4.79 Å². The van der Waals surface area contributed by atoms with Gasteiger partial charge in [0.1, 0.15) is 11.6 Å². The van der Waals surface area contributed by atoms with Gasteiger partial charge in [-0.3, -0.25) is 0 Å². The van der Waals surface area contributed by atoms with Crippen LogP contribution in [0.1, 0.15) is 58.6 Å². The van der Waals surface area contributed by atoms with Crippen LogP contribution >= 0.6 is 0 Å². The largest absolute Gasteiger partial charge is 0.493 e. The van der Waals surface area contributed by atoms with E-state index < -0.39 is 14.0 Å². The molecule has 1 aliphatic rings. The maximum Gasteiger partial charge on any atom is 0.349 e. The van der Waals surface area contributed by atoms with Crippen LogP contribution in [0.4, 0.5) is 0 Å². The van der Waals surface area contributed by atoms with Gasteiger partial charge in [0, 0.05) is 0 Å². The summed E-state index contributed by atoms with van der Waals surface area (Å²) < 4.78 is 16.4. The predicted molar refractivity (Wildman–Crippen MR) is 132 cm³/mol. The Morgan fingerprint density at radius 1 is 1.12 bits per heavy atom. The number of rotatable bonds is 10. The van der Waals surface area contributed by atoms with E-state index in [9.17, 15) is 10.1 Å². The van der Waals surface area contributed by atoms with Crippen molar-refractivity contribution >= 4 is 19.6 Å². The lowest BCUT2D eigenvalue weighted by atomic mass is 9.86. The Kier molecular flexibility index (Phi) is 8.74. The number of nitriles is 1. The number of hydrogen-bond donors (Lipinski definition) is 0. The van der Waals surface area contributed by atoms with E-state index in [1.807, 2.05) is 12.1 Å². The summed E-state index contributed by atoms with van der Waals surface area (Å²) in [6, 6.07) is 9.58. The van der Waals surface area contributed by atoms with Crippen molar-refractivity contribution in [1.29, 1.82) is 5.26 Å². The normalized spacial score (nSPS) is 16.4. The Labute approximate surface area is 194 Å². The van der Waals surface area contributed by atoms with Crippen LogP contribution in [0.15, 0.2) is 29.5 Å². The second-order valence-corrected chi connectivity index (χ2v) is 14.2. The topological polar surface area (TPSA) is 68.6 Å². The molecule has 2 rings (SSSR count). The quantitative estimate of drug-likeness (QED) is 0.138. The van der Waals surface area contributed by atoms with Crippen molar-refractivity contribution < 1.29 is 19.0 Å². The summed E-state index contributed by atoms with van der Waals surface area (Å²) in [5.41, 5.74) is 4.83. The van der Waals surface area contributed by atoms with Gasteiger partial charge in [0.2, 0.25) is 0 Å². The molecule has 0 N–H and O–H groups in total. The second-order valence-electron chi connectivity index (χ2n) is 9.03. The number of nitrogens with zero attached hydrogens (tertiary/aromatic N) is 1. The van der Waals surface area contributed by atoms with E-state index in [2.05, 4.69) is 52.5 Å². The van der Waals surface area contributed by atoms with Crippen LogP contribution in [0.2, 0.25) is 18.1 Å². The summed E-state index contributed by atoms with van der Waals surface area (Å²) in [6.07, 6.45) is 3.40. The highest BCUT2D eigenvalue weighted by molar-refractivity contribution is 6.84. The summed E-state index contributed by atoms with van der Waals surface area (Å²) in [4.78, 5) is 12.8. The molecule has 0 heterocycles. The molecule has 6 heteroatoms. The first-order valence-corrected chi connectivity index (χ1v) is 14.2. The van der Waals surface area contributed by atoms with Crippen molar-refractivity contribution in [2.24, 2.45) is 0 Å². The molecule has 1 aromatic carbocycles. The monoisotopic (exact) mass is 455 g/mol. The Morgan fingerprint density at radius 2 is 1.72 bits per heavy atom. The van der Waals surface area contributed by atoms with Crippen molar-refractivity contribution in [3.8, 4) is 17.6 Å². The number of esters is 1. The molecule has 174 valence electrons. The van der Waals surface area contributed by atoms with E-state index in [4.69, 9.17) is 14.2 Å². The maximum atomic E-state index is 12.8. The Bertz CT molecular complexity index is 928. The fourth-order valence-corrected chi connectivity index (χ4v) is 7.38. The summed E-state index contributed by atoms with van der Waals surface area (Å²) >= 11 is 0. The lowest BCUT2D eigenvalue weighted by molar-refractivity contribution is -0.138. The zero-order valence-corrected chi connectivity index (χ0v) is 21.6. The number of allylic oxidation sites excluding steroid dienone is 1. The molecule has 0 bridgehead atoms. The lowest BCUT2D eigenvalue weighted by Gasteiger charge is -2.23. The van der Waals surface area contributed by atoms with Crippen LogP contribution in [0, 0.1) is 11.3 Å². The SMILES string of the molecule is CC[Si](C=CCCOC(=O)C(C#N)=C1CC(C)(C)c2cc(OC)c(OC)cc21)(CC)CC. The van der Waals surface area contributed by atoms with Gasteiger partial charge in [-0.2, -0.15) is 5.26 Å². The molecule has 1 aromatic rings. The summed E-state index contributed by atoms with van der Waals surface area (Å²) in [5, 5.41) is 9.81. The number of carbonyl (C=O) groups is 1. The number of hydrogen-bond acceptors (Lipinski definition) is 5. The maximum absolute atomic E-state index is 12.8. The molecule has 0 aliphatic heterocycles. The molecule has 0 saturated heterocycles. The first-order chi connectivity index (χ1) is 15.2. The molecule has 0 amide bonds. The summed E-state index contributed by atoms with van der Waals surface area (Å²) in [7, 11) is 1.86. The fraction of sp³-hybridized carbons (Fsp3) is 0.538. The third kappa shape index (κ3) is 5.27. The Balaban J connectivity index is 2.24. The van der Waals surface area contributed by atoms with Gasteiger partial charge >= 0.3 is 5.97 Å². The first-order valence-electron chi connectivity index (χ1n) is 11.5. The molecule has 0 saturated carbocycles. The van der Waals surface area contributed by atoms with Crippen LogP contribution in [0.5, 0.6) is 11.5 Å². The predicted octanol–water partition coefficient (Wildman–Crippen LogP) is 6.20. The first kappa shape index (κ1) is 25.7. The van der Waals surface area contributed by atoms with Crippen molar-refractivity contribution in [2.75, 3.05) is 20.8 Å². The second kappa shape index (κ2) is 10.9. The minimum Gasteiger partial charge on any atom is -0.493 e. The molecular weight excluding hydrogens is 418 g/mol. The molecule has 32 heavy (non-hydrogen) atoms. The highest BCUT2D eigenvalue weighted by Gasteiger charge is 2.37. The minimum atomic E-state index is -1.32. The van der Waals surface area contributed by atoms with Crippen LogP contribution in [0.3, 0.4) is 0 Å². The number of methoxy groups -OCH3 is 2. The zero-order chi connectivity index (χ0) is 23.9. The van der Waals surface area contributed by atoms with E-state index in [-0.39, 0.29) is 17.6 Å². The van der Waals surface area contributed by atoms with Crippen LogP contribution < -0.4 is 9.47 Å². The van der Waals surface area contributed by atoms with Gasteiger partial charge in [-0.05, 0) is 47.1 Å². The summed E-state index contributed by atoms with van der Waals surface area (Å²) in [5.74, 6) is 0.659. The van der Waals surface area contributed by atoms with Crippen LogP contribution in [-0.4, -0.2) is 34.9 Å². The zero-order valence-electron chi connectivity index (χ0n) is 20.6. The molecular formula is C26H37NO4Si. The highest BCUT2D eigenvalue weighted by Crippen LogP contribution is 2.50. The van der Waals surface area contributed by atoms with Crippen LogP contribution in [-0.2, 0) is 14.9 Å². The summed E-state index contributed by atoms with van der Waals surface area (Å²) in [6.45, 7) is 11.3. The molecule has 0 aromatic heterocycles. The van der Waals surface area contributed by atoms with Crippen molar-refractivity contribution in [2.45, 2.75) is 71.0 Å². The van der Waals surface area contributed by atoms with E-state index >= 15 is 0 Å². The van der Waals surface area contributed by atoms with Gasteiger partial charge < -0.3 is 14.2 Å². The van der Waals surface area contributed by atoms with E-state index in [1.54, 1.807) is 14.2 Å². The van der Waals surface area contributed by atoms with Crippen LogP contribution in [0.25, 0.3) is 5.57 Å². The lowest BCUT2D eigenvalue weighted by Crippen LogP contribution is -2.28. The van der Waals surface area contributed by atoms with Crippen molar-refractivity contribution in [3.63, 3.8) is 0 Å². The van der Waals surface area contributed by atoms with Gasteiger partial charge in [0.05, 0.1) is 28.9 Å². The van der Waals surface area contributed by atoms with E-state index in [1.165, 1.54) is 18.1 Å². The Morgan fingerprint density at radius 3 is 2.25 bits per heavy atom. The fourth-order valence-electron chi connectivity index (χ4n) is 4.51. The molecule has 0 unspecified atom stereocenters. The number of fused-ring (bicyclic) bond motifs is 1. The molecule has 5 nitrogen and oxygen atoms in total. The number of benzene rings is 1. The van der Waals surface area contributed by atoms with E-state index in [0.29, 0.717) is 29.9 Å². The molecule has 0 fully saturated rings. The molecule has 0 spiro atoms. The molecule has 1 aliphatic carbocycles. The number of ether oxygens (including phenoxy) is 3. The van der Waals surface area contributed by atoms with E-state index in [0.717, 1.165) is 11.1 Å². The minimum absolute atomic E-state index is 0.0763. The van der Waals surface area contributed by atoms with Gasteiger partial charge in [-0.1, -0.05) is 64.5 Å². The Hall–Kier alpha value is -2.52.